The second-order valence-electron chi connectivity index (χ2n) is 4.85. The van der Waals surface area contributed by atoms with Crippen molar-refractivity contribution in [3.63, 3.8) is 0 Å². The van der Waals surface area contributed by atoms with E-state index < -0.39 is 0 Å². The van der Waals surface area contributed by atoms with E-state index in [1.54, 1.807) is 23.5 Å². The summed E-state index contributed by atoms with van der Waals surface area (Å²) in [4.78, 5) is 5.81. The predicted octanol–water partition coefficient (Wildman–Crippen LogP) is 4.31. The number of halogens is 1. The quantitative estimate of drug-likeness (QED) is 0.782. The molecule has 0 aliphatic carbocycles. The summed E-state index contributed by atoms with van der Waals surface area (Å²) in [6, 6.07) is 16.0. The molecule has 21 heavy (non-hydrogen) atoms. The van der Waals surface area contributed by atoms with Gasteiger partial charge in [0.2, 0.25) is 0 Å². The van der Waals surface area contributed by atoms with Gasteiger partial charge in [-0.2, -0.15) is 0 Å². The van der Waals surface area contributed by atoms with E-state index in [-0.39, 0.29) is 11.9 Å². The van der Waals surface area contributed by atoms with Crippen LogP contribution in [0.15, 0.2) is 54.6 Å². The molecule has 1 heterocycles. The Hall–Kier alpha value is -2.04. The largest absolute Gasteiger partial charge is 0.318 e. The second-order valence-corrected chi connectivity index (χ2v) is 6.09. The molecule has 3 aromatic rings. The minimum absolute atomic E-state index is 0.258. The van der Waals surface area contributed by atoms with Crippen molar-refractivity contribution in [3.05, 3.63) is 75.9 Å². The van der Waals surface area contributed by atoms with Crippen molar-refractivity contribution in [2.24, 2.45) is 5.73 Å². The molecule has 2 nitrogen and oxygen atoms in total. The first-order valence-corrected chi connectivity index (χ1v) is 7.50. The Morgan fingerprint density at radius 2 is 1.71 bits per heavy atom. The van der Waals surface area contributed by atoms with Crippen LogP contribution >= 0.6 is 11.3 Å². The Morgan fingerprint density at radius 3 is 2.38 bits per heavy atom. The maximum Gasteiger partial charge on any atom is 0.123 e. The van der Waals surface area contributed by atoms with Crippen LogP contribution in [-0.4, -0.2) is 4.98 Å². The van der Waals surface area contributed by atoms with Crippen molar-refractivity contribution in [1.29, 1.82) is 0 Å². The zero-order chi connectivity index (χ0) is 14.8. The number of hydrogen-bond acceptors (Lipinski definition) is 3. The molecule has 0 spiro atoms. The van der Waals surface area contributed by atoms with Crippen LogP contribution in [0.25, 0.3) is 11.3 Å². The van der Waals surface area contributed by atoms with Crippen LogP contribution < -0.4 is 5.73 Å². The zero-order valence-corrected chi connectivity index (χ0v) is 12.4. The third kappa shape index (κ3) is 2.86. The standard InChI is InChI=1S/C17H15FN2S/c1-11-16(13-5-3-2-4-6-13)20-17(21-11)15(19)12-7-9-14(18)10-8-12/h2-10,15H,19H2,1H3. The van der Waals surface area contributed by atoms with E-state index in [1.807, 2.05) is 37.3 Å². The average Bonchev–Trinajstić information content (AvgIpc) is 2.90. The lowest BCUT2D eigenvalue weighted by Crippen LogP contribution is -2.11. The van der Waals surface area contributed by atoms with Crippen molar-refractivity contribution in [3.8, 4) is 11.3 Å². The van der Waals surface area contributed by atoms with E-state index in [2.05, 4.69) is 4.98 Å². The molecule has 1 unspecified atom stereocenters. The Labute approximate surface area is 127 Å². The fraction of sp³-hybridized carbons (Fsp3) is 0.118. The monoisotopic (exact) mass is 298 g/mol. The smallest absolute Gasteiger partial charge is 0.123 e. The van der Waals surface area contributed by atoms with Crippen LogP contribution in [0, 0.1) is 12.7 Å². The van der Waals surface area contributed by atoms with Gasteiger partial charge < -0.3 is 5.73 Å². The van der Waals surface area contributed by atoms with Gasteiger partial charge in [0.1, 0.15) is 10.8 Å². The Balaban J connectivity index is 1.95. The maximum atomic E-state index is 13.0. The molecule has 4 heteroatoms. The molecule has 0 amide bonds. The van der Waals surface area contributed by atoms with Gasteiger partial charge in [0.05, 0.1) is 11.7 Å². The Kier molecular flexibility index (Phi) is 3.82. The topological polar surface area (TPSA) is 38.9 Å². The number of aromatic nitrogens is 1. The van der Waals surface area contributed by atoms with E-state index in [1.165, 1.54) is 12.1 Å². The van der Waals surface area contributed by atoms with Gasteiger partial charge in [-0.15, -0.1) is 11.3 Å². The summed E-state index contributed by atoms with van der Waals surface area (Å²) < 4.78 is 13.0. The molecule has 0 aliphatic heterocycles. The van der Waals surface area contributed by atoms with Gasteiger partial charge in [-0.25, -0.2) is 9.37 Å². The Morgan fingerprint density at radius 1 is 1.05 bits per heavy atom. The number of nitrogens with two attached hydrogens (primary N) is 1. The number of hydrogen-bond donors (Lipinski definition) is 1. The maximum absolute atomic E-state index is 13.0. The predicted molar refractivity (Wildman–Crippen MR) is 84.7 cm³/mol. The summed E-state index contributed by atoms with van der Waals surface area (Å²) in [5.41, 5.74) is 9.17. The first-order chi connectivity index (χ1) is 10.1. The van der Waals surface area contributed by atoms with Crippen LogP contribution in [0.5, 0.6) is 0 Å². The summed E-state index contributed by atoms with van der Waals surface area (Å²) in [6.07, 6.45) is 0. The molecular weight excluding hydrogens is 283 g/mol. The van der Waals surface area contributed by atoms with Crippen LogP contribution in [0.2, 0.25) is 0 Å². The van der Waals surface area contributed by atoms with Gasteiger partial charge in [0, 0.05) is 10.4 Å². The van der Waals surface area contributed by atoms with Crippen molar-refractivity contribution in [1.82, 2.24) is 4.98 Å². The fourth-order valence-corrected chi connectivity index (χ4v) is 3.20. The van der Waals surface area contributed by atoms with E-state index >= 15 is 0 Å². The molecule has 106 valence electrons. The van der Waals surface area contributed by atoms with Crippen molar-refractivity contribution in [2.45, 2.75) is 13.0 Å². The third-order valence-electron chi connectivity index (χ3n) is 3.36. The molecule has 0 saturated carbocycles. The lowest BCUT2D eigenvalue weighted by Gasteiger charge is -2.08. The van der Waals surface area contributed by atoms with E-state index in [4.69, 9.17) is 5.73 Å². The SMILES string of the molecule is Cc1sc(C(N)c2ccc(F)cc2)nc1-c1ccccc1. The van der Waals surface area contributed by atoms with Crippen LogP contribution in [0.4, 0.5) is 4.39 Å². The number of benzene rings is 2. The molecule has 2 aromatic carbocycles. The van der Waals surface area contributed by atoms with Gasteiger partial charge in [0.25, 0.3) is 0 Å². The first-order valence-electron chi connectivity index (χ1n) is 6.69. The van der Waals surface area contributed by atoms with E-state index in [0.29, 0.717) is 0 Å². The minimum Gasteiger partial charge on any atom is -0.318 e. The summed E-state index contributed by atoms with van der Waals surface area (Å²) >= 11 is 1.59. The number of aryl methyl sites for hydroxylation is 1. The van der Waals surface area contributed by atoms with Gasteiger partial charge in [-0.1, -0.05) is 42.5 Å². The molecule has 1 aromatic heterocycles. The van der Waals surface area contributed by atoms with Gasteiger partial charge in [0.15, 0.2) is 0 Å². The lowest BCUT2D eigenvalue weighted by atomic mass is 10.1. The zero-order valence-electron chi connectivity index (χ0n) is 11.6. The highest BCUT2D eigenvalue weighted by Gasteiger charge is 2.16. The third-order valence-corrected chi connectivity index (χ3v) is 4.41. The summed E-state index contributed by atoms with van der Waals surface area (Å²) in [5.74, 6) is -0.258. The van der Waals surface area contributed by atoms with E-state index in [0.717, 1.165) is 26.7 Å². The van der Waals surface area contributed by atoms with Crippen molar-refractivity contribution >= 4 is 11.3 Å². The van der Waals surface area contributed by atoms with Gasteiger partial charge >= 0.3 is 0 Å². The molecule has 0 bridgehead atoms. The van der Waals surface area contributed by atoms with Crippen molar-refractivity contribution < 1.29 is 4.39 Å². The fourth-order valence-electron chi connectivity index (χ4n) is 2.23. The summed E-state index contributed by atoms with van der Waals surface area (Å²) in [6.45, 7) is 2.04. The molecule has 2 N–H and O–H groups in total. The molecule has 0 radical (unpaired) electrons. The molecule has 0 fully saturated rings. The number of thiazole rings is 1. The normalized spacial score (nSPS) is 12.3. The van der Waals surface area contributed by atoms with Crippen molar-refractivity contribution in [2.75, 3.05) is 0 Å². The minimum atomic E-state index is -0.327. The summed E-state index contributed by atoms with van der Waals surface area (Å²) in [5, 5.41) is 0.845. The van der Waals surface area contributed by atoms with Gasteiger partial charge in [-0.3, -0.25) is 0 Å². The van der Waals surface area contributed by atoms with Gasteiger partial charge in [-0.05, 0) is 24.6 Å². The highest BCUT2D eigenvalue weighted by molar-refractivity contribution is 7.12. The average molecular weight is 298 g/mol. The molecule has 1 atom stereocenters. The second kappa shape index (κ2) is 5.76. The number of nitrogens with zero attached hydrogens (tertiary/aromatic N) is 1. The molecular formula is C17H15FN2S. The van der Waals surface area contributed by atoms with Crippen LogP contribution in [-0.2, 0) is 0 Å². The Bertz CT molecular complexity index is 735. The first kappa shape index (κ1) is 13.9. The van der Waals surface area contributed by atoms with Crippen LogP contribution in [0.3, 0.4) is 0 Å². The van der Waals surface area contributed by atoms with Crippen LogP contribution in [0.1, 0.15) is 21.5 Å². The molecule has 0 aliphatic rings. The molecule has 3 rings (SSSR count). The summed E-state index contributed by atoms with van der Waals surface area (Å²) in [7, 11) is 0. The highest BCUT2D eigenvalue weighted by atomic mass is 32.1. The van der Waals surface area contributed by atoms with E-state index in [9.17, 15) is 4.39 Å². The number of rotatable bonds is 3. The highest BCUT2D eigenvalue weighted by Crippen LogP contribution is 2.31. The molecule has 0 saturated heterocycles. The lowest BCUT2D eigenvalue weighted by molar-refractivity contribution is 0.626.